The average molecular weight is 393 g/mol. The fourth-order valence-corrected chi connectivity index (χ4v) is 3.88. The molecule has 144 valence electrons. The molecule has 0 bridgehead atoms. The second kappa shape index (κ2) is 8.14. The molecule has 0 aliphatic carbocycles. The lowest BCUT2D eigenvalue weighted by atomic mass is 9.94. The molecule has 2 atom stereocenters. The van der Waals surface area contributed by atoms with Crippen molar-refractivity contribution in [2.24, 2.45) is 5.73 Å². The van der Waals surface area contributed by atoms with Crippen LogP contribution in [-0.2, 0) is 14.8 Å². The molecule has 3 N–H and O–H groups in total. The largest absolute Gasteiger partial charge is 0.490 e. The summed E-state index contributed by atoms with van der Waals surface area (Å²) in [5.74, 6) is -1.49. The number of rotatable bonds is 8. The van der Waals surface area contributed by atoms with E-state index in [1.807, 2.05) is 0 Å². The maximum atomic E-state index is 12.7. The summed E-state index contributed by atoms with van der Waals surface area (Å²) in [5.41, 5.74) is 5.60. The van der Waals surface area contributed by atoms with Gasteiger partial charge >= 0.3 is 5.69 Å². The third-order valence-corrected chi connectivity index (χ3v) is 5.51. The summed E-state index contributed by atoms with van der Waals surface area (Å²) in [6, 6.07) is 10.7. The van der Waals surface area contributed by atoms with Crippen LogP contribution in [0.15, 0.2) is 53.4 Å². The molecule has 0 heterocycles. The Morgan fingerprint density at radius 2 is 1.85 bits per heavy atom. The van der Waals surface area contributed by atoms with Crippen LogP contribution < -0.4 is 15.2 Å². The Morgan fingerprint density at radius 3 is 2.37 bits per heavy atom. The molecule has 1 amide bonds. The fraction of sp³-hybridized carbons (Fsp3) is 0.235. The number of nitrogens with two attached hydrogens (primary N) is 1. The second-order valence-corrected chi connectivity index (χ2v) is 7.51. The molecule has 2 rings (SSSR count). The summed E-state index contributed by atoms with van der Waals surface area (Å²) >= 11 is 0. The van der Waals surface area contributed by atoms with Gasteiger partial charge in [0.1, 0.15) is 6.04 Å². The molecular formula is C17H19N3O6S. The van der Waals surface area contributed by atoms with Gasteiger partial charge in [-0.1, -0.05) is 37.3 Å². The van der Waals surface area contributed by atoms with Crippen LogP contribution in [0.4, 0.5) is 5.69 Å². The summed E-state index contributed by atoms with van der Waals surface area (Å²) < 4.78 is 32.5. The van der Waals surface area contributed by atoms with Crippen molar-refractivity contribution >= 4 is 21.6 Å². The number of primary amides is 1. The van der Waals surface area contributed by atoms with Gasteiger partial charge in [-0.3, -0.25) is 14.9 Å². The molecule has 0 aliphatic rings. The Kier molecular flexibility index (Phi) is 6.13. The number of nitrogens with one attached hydrogen (secondary N) is 1. The van der Waals surface area contributed by atoms with Crippen LogP contribution >= 0.6 is 0 Å². The maximum Gasteiger partial charge on any atom is 0.312 e. The molecule has 2 aromatic carbocycles. The topological polar surface area (TPSA) is 142 Å². The predicted molar refractivity (Wildman–Crippen MR) is 97.8 cm³/mol. The van der Waals surface area contributed by atoms with Crippen molar-refractivity contribution in [2.75, 3.05) is 7.11 Å². The summed E-state index contributed by atoms with van der Waals surface area (Å²) in [5, 5.41) is 11.1. The van der Waals surface area contributed by atoms with Gasteiger partial charge in [0.25, 0.3) is 0 Å². The van der Waals surface area contributed by atoms with Crippen molar-refractivity contribution in [3.8, 4) is 5.75 Å². The smallest absolute Gasteiger partial charge is 0.312 e. The molecule has 0 saturated carbocycles. The van der Waals surface area contributed by atoms with E-state index in [-0.39, 0.29) is 10.6 Å². The molecule has 10 heteroatoms. The molecule has 9 nitrogen and oxygen atoms in total. The number of benzene rings is 2. The molecule has 2 unspecified atom stereocenters. The number of hydrogen-bond acceptors (Lipinski definition) is 6. The Balaban J connectivity index is 2.39. The van der Waals surface area contributed by atoms with Crippen molar-refractivity contribution < 1.29 is 22.9 Å². The summed E-state index contributed by atoms with van der Waals surface area (Å²) in [4.78, 5) is 21.9. The lowest BCUT2D eigenvalue weighted by Crippen LogP contribution is -2.47. The zero-order valence-corrected chi connectivity index (χ0v) is 15.5. The lowest BCUT2D eigenvalue weighted by Gasteiger charge is -2.22. The second-order valence-electron chi connectivity index (χ2n) is 5.79. The summed E-state index contributed by atoms with van der Waals surface area (Å²) in [6.45, 7) is 1.66. The van der Waals surface area contributed by atoms with Crippen LogP contribution in [0.3, 0.4) is 0 Å². The van der Waals surface area contributed by atoms with E-state index in [9.17, 15) is 23.3 Å². The molecule has 0 spiro atoms. The van der Waals surface area contributed by atoms with Crippen molar-refractivity contribution in [1.29, 1.82) is 0 Å². The van der Waals surface area contributed by atoms with Gasteiger partial charge in [0.05, 0.1) is 16.9 Å². The number of nitro groups is 1. The van der Waals surface area contributed by atoms with Crippen molar-refractivity contribution in [2.45, 2.75) is 23.8 Å². The van der Waals surface area contributed by atoms with E-state index in [0.29, 0.717) is 5.56 Å². The predicted octanol–water partition coefficient (Wildman–Crippen LogP) is 1.54. The Morgan fingerprint density at radius 1 is 1.22 bits per heavy atom. The first-order valence-corrected chi connectivity index (χ1v) is 9.34. The SMILES string of the molecule is COc1ccc(S(=O)(=O)NC(C(N)=O)C(C)c2ccccc2)cc1[N+](=O)[O-]. The Bertz CT molecular complexity index is 946. The highest BCUT2D eigenvalue weighted by atomic mass is 32.2. The van der Waals surface area contributed by atoms with Crippen molar-refractivity contribution in [1.82, 2.24) is 4.72 Å². The number of hydrogen-bond donors (Lipinski definition) is 2. The van der Waals surface area contributed by atoms with Crippen LogP contribution in [0, 0.1) is 10.1 Å². The van der Waals surface area contributed by atoms with Gasteiger partial charge in [0.2, 0.25) is 15.9 Å². The van der Waals surface area contributed by atoms with E-state index in [1.165, 1.54) is 13.2 Å². The van der Waals surface area contributed by atoms with Crippen LogP contribution in [0.1, 0.15) is 18.4 Å². The van der Waals surface area contributed by atoms with Gasteiger partial charge < -0.3 is 10.5 Å². The van der Waals surface area contributed by atoms with E-state index in [4.69, 9.17) is 10.5 Å². The van der Waals surface area contributed by atoms with Gasteiger partial charge in [0.15, 0.2) is 5.75 Å². The normalized spacial score (nSPS) is 13.6. The molecule has 0 aromatic heterocycles. The highest BCUT2D eigenvalue weighted by molar-refractivity contribution is 7.89. The number of carbonyl (C=O) groups is 1. The van der Waals surface area contributed by atoms with Crippen LogP contribution in [0.25, 0.3) is 0 Å². The van der Waals surface area contributed by atoms with Gasteiger partial charge in [-0.2, -0.15) is 4.72 Å². The quantitative estimate of drug-likeness (QED) is 0.515. The first-order valence-electron chi connectivity index (χ1n) is 7.86. The number of nitrogens with zero attached hydrogens (tertiary/aromatic N) is 1. The van der Waals surface area contributed by atoms with E-state index >= 15 is 0 Å². The van der Waals surface area contributed by atoms with Crippen molar-refractivity contribution in [3.63, 3.8) is 0 Å². The molecule has 27 heavy (non-hydrogen) atoms. The van der Waals surface area contributed by atoms with E-state index < -0.39 is 38.5 Å². The minimum absolute atomic E-state index is 0.0805. The average Bonchev–Trinajstić information content (AvgIpc) is 2.65. The van der Waals surface area contributed by atoms with Gasteiger partial charge in [-0.25, -0.2) is 8.42 Å². The minimum Gasteiger partial charge on any atom is -0.490 e. The molecular weight excluding hydrogens is 374 g/mol. The molecule has 2 aromatic rings. The monoisotopic (exact) mass is 393 g/mol. The van der Waals surface area contributed by atoms with E-state index in [1.54, 1.807) is 37.3 Å². The number of sulfonamides is 1. The summed E-state index contributed by atoms with van der Waals surface area (Å²) in [6.07, 6.45) is 0. The third kappa shape index (κ3) is 4.60. The van der Waals surface area contributed by atoms with Crippen molar-refractivity contribution in [3.05, 3.63) is 64.2 Å². The Hall–Kier alpha value is -2.98. The lowest BCUT2D eigenvalue weighted by molar-refractivity contribution is -0.386. The standard InChI is InChI=1S/C17H19N3O6S/c1-11(12-6-4-3-5-7-12)16(17(18)21)19-27(24,25)13-8-9-15(26-2)14(10-13)20(22)23/h3-11,16,19H,1-2H3,(H2,18,21). The summed E-state index contributed by atoms with van der Waals surface area (Å²) in [7, 11) is -3.01. The first kappa shape index (κ1) is 20.3. The molecule has 0 radical (unpaired) electrons. The van der Waals surface area contributed by atoms with Crippen LogP contribution in [0.2, 0.25) is 0 Å². The third-order valence-electron chi connectivity index (χ3n) is 4.07. The Labute approximate surface area is 156 Å². The zero-order chi connectivity index (χ0) is 20.2. The number of amides is 1. The zero-order valence-electron chi connectivity index (χ0n) is 14.7. The number of nitro benzene ring substituents is 1. The van der Waals surface area contributed by atoms with Gasteiger partial charge in [0, 0.05) is 12.0 Å². The van der Waals surface area contributed by atoms with E-state index in [0.717, 1.165) is 12.1 Å². The minimum atomic E-state index is -4.25. The fourth-order valence-electron chi connectivity index (χ4n) is 2.57. The number of ether oxygens (including phenoxy) is 1. The molecule has 0 aliphatic heterocycles. The first-order chi connectivity index (χ1) is 12.7. The highest BCUT2D eigenvalue weighted by Gasteiger charge is 2.31. The van der Waals surface area contributed by atoms with Gasteiger partial charge in [-0.15, -0.1) is 0 Å². The number of carbonyl (C=O) groups excluding carboxylic acids is 1. The molecule has 0 saturated heterocycles. The van der Waals surface area contributed by atoms with E-state index in [2.05, 4.69) is 4.72 Å². The number of methoxy groups -OCH3 is 1. The molecule has 0 fully saturated rings. The van der Waals surface area contributed by atoms with Crippen LogP contribution in [0.5, 0.6) is 5.75 Å². The maximum absolute atomic E-state index is 12.7. The van der Waals surface area contributed by atoms with Crippen LogP contribution in [-0.4, -0.2) is 32.4 Å². The highest BCUT2D eigenvalue weighted by Crippen LogP contribution is 2.30. The van der Waals surface area contributed by atoms with Gasteiger partial charge in [-0.05, 0) is 17.7 Å².